The van der Waals surface area contributed by atoms with Gasteiger partial charge in [-0.1, -0.05) is 20.3 Å². The summed E-state index contributed by atoms with van der Waals surface area (Å²) in [6.07, 6.45) is 1.69. The molecule has 0 atom stereocenters. The summed E-state index contributed by atoms with van der Waals surface area (Å²) < 4.78 is 31.8. The quantitative estimate of drug-likeness (QED) is 0.569. The summed E-state index contributed by atoms with van der Waals surface area (Å²) in [7, 11) is -3.60. The topological polar surface area (TPSA) is 106 Å². The maximum atomic E-state index is 12.7. The van der Waals surface area contributed by atoms with Gasteiger partial charge in [-0.2, -0.15) is 4.31 Å². The zero-order valence-corrected chi connectivity index (χ0v) is 18.3. The summed E-state index contributed by atoms with van der Waals surface area (Å²) in [4.78, 5) is 28.2. The lowest BCUT2D eigenvalue weighted by Gasteiger charge is -2.20. The maximum absolute atomic E-state index is 12.7. The number of unbranched alkanes of at least 4 members (excludes halogenated alkanes) is 1. The van der Waals surface area contributed by atoms with E-state index >= 15 is 0 Å². The van der Waals surface area contributed by atoms with E-state index < -0.39 is 21.9 Å². The van der Waals surface area contributed by atoms with Crippen molar-refractivity contribution in [2.24, 2.45) is 0 Å². The molecule has 0 aliphatic carbocycles. The summed E-state index contributed by atoms with van der Waals surface area (Å²) in [5.41, 5.74) is 0.411. The van der Waals surface area contributed by atoms with Gasteiger partial charge in [0.2, 0.25) is 10.0 Å². The van der Waals surface area contributed by atoms with E-state index in [9.17, 15) is 18.0 Å². The van der Waals surface area contributed by atoms with Crippen molar-refractivity contribution in [2.45, 2.75) is 38.5 Å². The third-order valence-corrected chi connectivity index (χ3v) is 6.82. The van der Waals surface area contributed by atoms with Gasteiger partial charge in [-0.15, -0.1) is 11.3 Å². The van der Waals surface area contributed by atoms with Crippen LogP contribution in [0.5, 0.6) is 0 Å². The van der Waals surface area contributed by atoms with E-state index in [2.05, 4.69) is 10.3 Å². The van der Waals surface area contributed by atoms with Crippen LogP contribution < -0.4 is 5.32 Å². The standard InChI is InChI=1S/C19H25N3O5S2/c1-4-7-12-22(5-2)29(25,26)15-10-8-14(9-11-15)17(23)21-19-20-16(13-28-19)18(24)27-6-3/h8-11,13H,4-7,12H2,1-3H3,(H,20,21,23). The molecule has 0 unspecified atom stereocenters. The predicted octanol–water partition coefficient (Wildman–Crippen LogP) is 3.38. The number of esters is 1. The minimum Gasteiger partial charge on any atom is -0.461 e. The number of ether oxygens (including phenoxy) is 1. The lowest BCUT2D eigenvalue weighted by Crippen LogP contribution is -2.31. The summed E-state index contributed by atoms with van der Waals surface area (Å²) in [5.74, 6) is -1.00. The maximum Gasteiger partial charge on any atom is 0.357 e. The number of anilines is 1. The lowest BCUT2D eigenvalue weighted by atomic mass is 10.2. The van der Waals surface area contributed by atoms with Gasteiger partial charge in [0.05, 0.1) is 11.5 Å². The fourth-order valence-corrected chi connectivity index (χ4v) is 4.67. The van der Waals surface area contributed by atoms with Gasteiger partial charge in [-0.05, 0) is 37.6 Å². The largest absolute Gasteiger partial charge is 0.461 e. The highest BCUT2D eigenvalue weighted by atomic mass is 32.2. The molecule has 0 bridgehead atoms. The van der Waals surface area contributed by atoms with Crippen molar-refractivity contribution in [3.8, 4) is 0 Å². The Morgan fingerprint density at radius 1 is 1.17 bits per heavy atom. The summed E-state index contributed by atoms with van der Waals surface area (Å²) in [5, 5.41) is 4.35. The Hall–Kier alpha value is -2.30. The number of hydrogen-bond donors (Lipinski definition) is 1. The molecule has 29 heavy (non-hydrogen) atoms. The first-order valence-corrected chi connectivity index (χ1v) is 11.7. The molecule has 158 valence electrons. The van der Waals surface area contributed by atoms with Crippen LogP contribution in [0.15, 0.2) is 34.5 Å². The number of carbonyl (C=O) groups is 2. The third-order valence-electron chi connectivity index (χ3n) is 4.08. The normalized spacial score (nSPS) is 11.4. The van der Waals surface area contributed by atoms with E-state index in [0.29, 0.717) is 13.1 Å². The van der Waals surface area contributed by atoms with Crippen molar-refractivity contribution in [3.63, 3.8) is 0 Å². The zero-order valence-electron chi connectivity index (χ0n) is 16.7. The van der Waals surface area contributed by atoms with Crippen molar-refractivity contribution in [1.82, 2.24) is 9.29 Å². The molecule has 0 saturated carbocycles. The van der Waals surface area contributed by atoms with Crippen LogP contribution >= 0.6 is 11.3 Å². The molecule has 2 aromatic rings. The second kappa shape index (κ2) is 10.5. The Morgan fingerprint density at radius 2 is 1.86 bits per heavy atom. The number of benzene rings is 1. The highest BCUT2D eigenvalue weighted by Crippen LogP contribution is 2.20. The fraction of sp³-hybridized carbons (Fsp3) is 0.421. The van der Waals surface area contributed by atoms with Gasteiger partial charge < -0.3 is 4.74 Å². The van der Waals surface area contributed by atoms with Crippen molar-refractivity contribution >= 4 is 38.4 Å². The number of sulfonamides is 1. The first-order chi connectivity index (χ1) is 13.8. The van der Waals surface area contributed by atoms with E-state index in [1.54, 1.807) is 13.8 Å². The fourth-order valence-electron chi connectivity index (χ4n) is 2.51. The van der Waals surface area contributed by atoms with Gasteiger partial charge in [-0.25, -0.2) is 18.2 Å². The number of nitrogens with one attached hydrogen (secondary N) is 1. The SMILES string of the molecule is CCCCN(CC)S(=O)(=O)c1ccc(C(=O)Nc2nc(C(=O)OCC)cs2)cc1. The summed E-state index contributed by atoms with van der Waals surface area (Å²) in [6.45, 7) is 6.59. The lowest BCUT2D eigenvalue weighted by molar-refractivity contribution is 0.0520. The van der Waals surface area contributed by atoms with E-state index in [4.69, 9.17) is 4.74 Å². The number of amides is 1. The smallest absolute Gasteiger partial charge is 0.357 e. The van der Waals surface area contributed by atoms with Crippen LogP contribution in [0, 0.1) is 0 Å². The minimum atomic E-state index is -3.60. The van der Waals surface area contributed by atoms with Gasteiger partial charge in [0.25, 0.3) is 5.91 Å². The molecular weight excluding hydrogens is 414 g/mol. The second-order valence-electron chi connectivity index (χ2n) is 6.09. The third kappa shape index (κ3) is 5.84. The van der Waals surface area contributed by atoms with Crippen molar-refractivity contribution in [1.29, 1.82) is 0 Å². The van der Waals surface area contributed by atoms with E-state index in [1.807, 2.05) is 6.92 Å². The molecule has 0 spiro atoms. The van der Waals surface area contributed by atoms with Crippen molar-refractivity contribution < 1.29 is 22.7 Å². The Balaban J connectivity index is 2.09. The molecule has 8 nitrogen and oxygen atoms in total. The van der Waals surface area contributed by atoms with Gasteiger partial charge >= 0.3 is 5.97 Å². The molecule has 1 heterocycles. The molecule has 10 heteroatoms. The van der Waals surface area contributed by atoms with E-state index in [0.717, 1.165) is 24.2 Å². The Morgan fingerprint density at radius 3 is 2.45 bits per heavy atom. The minimum absolute atomic E-state index is 0.125. The Bertz CT molecular complexity index is 939. The number of aromatic nitrogens is 1. The predicted molar refractivity (Wildman–Crippen MR) is 112 cm³/mol. The van der Waals surface area contributed by atoms with Crippen LogP contribution in [0.2, 0.25) is 0 Å². The van der Waals surface area contributed by atoms with Crippen LogP contribution in [0.3, 0.4) is 0 Å². The molecule has 0 aliphatic heterocycles. The van der Waals surface area contributed by atoms with Gasteiger partial charge in [0, 0.05) is 24.0 Å². The summed E-state index contributed by atoms with van der Waals surface area (Å²) >= 11 is 1.10. The molecule has 1 aromatic heterocycles. The average molecular weight is 440 g/mol. The first-order valence-electron chi connectivity index (χ1n) is 9.37. The van der Waals surface area contributed by atoms with Crippen molar-refractivity contribution in [3.05, 3.63) is 40.9 Å². The second-order valence-corrected chi connectivity index (χ2v) is 8.88. The monoisotopic (exact) mass is 439 g/mol. The number of hydrogen-bond acceptors (Lipinski definition) is 7. The average Bonchev–Trinajstić information content (AvgIpc) is 3.17. The number of thiazole rings is 1. The van der Waals surface area contributed by atoms with E-state index in [1.165, 1.54) is 34.0 Å². The highest BCUT2D eigenvalue weighted by Gasteiger charge is 2.23. The Labute approximate surface area is 175 Å². The molecule has 0 radical (unpaired) electrons. The molecule has 1 aromatic carbocycles. The highest BCUT2D eigenvalue weighted by molar-refractivity contribution is 7.89. The molecule has 0 saturated heterocycles. The van der Waals surface area contributed by atoms with Gasteiger partial charge in [0.15, 0.2) is 10.8 Å². The van der Waals surface area contributed by atoms with Crippen LogP contribution in [-0.4, -0.2) is 49.3 Å². The first kappa shape index (κ1) is 23.0. The zero-order chi connectivity index (χ0) is 21.4. The van der Waals surface area contributed by atoms with Gasteiger partial charge in [0.1, 0.15) is 0 Å². The molecule has 0 aliphatic rings. The van der Waals surface area contributed by atoms with Crippen LogP contribution in [-0.2, 0) is 14.8 Å². The molecular formula is C19H25N3O5S2. The van der Waals surface area contributed by atoms with Crippen LogP contribution in [0.4, 0.5) is 5.13 Å². The summed E-state index contributed by atoms with van der Waals surface area (Å²) in [6, 6.07) is 5.75. The molecule has 1 N–H and O–H groups in total. The number of nitrogens with zero attached hydrogens (tertiary/aromatic N) is 2. The molecule has 1 amide bonds. The number of rotatable bonds is 10. The molecule has 2 rings (SSSR count). The van der Waals surface area contributed by atoms with Crippen LogP contribution in [0.25, 0.3) is 0 Å². The Kier molecular flexibility index (Phi) is 8.30. The van der Waals surface area contributed by atoms with Gasteiger partial charge in [-0.3, -0.25) is 10.1 Å². The molecule has 0 fully saturated rings. The van der Waals surface area contributed by atoms with Crippen molar-refractivity contribution in [2.75, 3.05) is 25.0 Å². The van der Waals surface area contributed by atoms with Crippen LogP contribution in [0.1, 0.15) is 54.5 Å². The van der Waals surface area contributed by atoms with E-state index in [-0.39, 0.29) is 27.9 Å². The number of carbonyl (C=O) groups excluding carboxylic acids is 2.